The molecule has 0 bridgehead atoms. The topological polar surface area (TPSA) is 47.0 Å². The molecule has 30 heavy (non-hydrogen) atoms. The number of hydrogen-bond acceptors (Lipinski definition) is 4. The highest BCUT2D eigenvalue weighted by Crippen LogP contribution is 2.18. The van der Waals surface area contributed by atoms with Crippen molar-refractivity contribution in [2.45, 2.75) is 26.3 Å². The largest absolute Gasteiger partial charge is 0.357 e. The van der Waals surface area contributed by atoms with E-state index in [1.54, 1.807) is 0 Å². The number of fused-ring (bicyclic) bond motifs is 1. The maximum absolute atomic E-state index is 4.93. The van der Waals surface area contributed by atoms with Gasteiger partial charge in [0.05, 0.1) is 0 Å². The second kappa shape index (κ2) is 10.4. The van der Waals surface area contributed by atoms with E-state index in [2.05, 4.69) is 68.3 Å². The van der Waals surface area contributed by atoms with Crippen molar-refractivity contribution >= 4 is 11.8 Å². The van der Waals surface area contributed by atoms with Gasteiger partial charge < -0.3 is 15.1 Å². The van der Waals surface area contributed by atoms with Crippen LogP contribution in [0.3, 0.4) is 0 Å². The van der Waals surface area contributed by atoms with Crippen LogP contribution >= 0.6 is 0 Å². The number of aliphatic imine (C=N–C) groups is 1. The number of nitrogens with one attached hydrogen (secondary N) is 1. The predicted octanol–water partition coefficient (Wildman–Crippen LogP) is 2.62. The number of piperazine rings is 1. The average Bonchev–Trinajstić information content (AvgIpc) is 2.82. The fraction of sp³-hybridized carbons (Fsp3) is 0.500. The summed E-state index contributed by atoms with van der Waals surface area (Å²) in [7, 11) is 0. The molecule has 1 aromatic heterocycles. The van der Waals surface area contributed by atoms with Crippen LogP contribution in [0.2, 0.25) is 0 Å². The van der Waals surface area contributed by atoms with Crippen molar-refractivity contribution in [3.05, 3.63) is 59.8 Å². The molecule has 6 nitrogen and oxygen atoms in total. The molecule has 0 spiro atoms. The highest BCUT2D eigenvalue weighted by atomic mass is 15.4. The third kappa shape index (κ3) is 5.30. The molecular formula is C24H34N6. The lowest BCUT2D eigenvalue weighted by Crippen LogP contribution is -2.52. The van der Waals surface area contributed by atoms with Crippen molar-refractivity contribution in [1.82, 2.24) is 20.1 Å². The molecule has 0 amide bonds. The minimum atomic E-state index is 0.876. The van der Waals surface area contributed by atoms with E-state index in [-0.39, 0.29) is 0 Å². The Balaban J connectivity index is 1.24. The van der Waals surface area contributed by atoms with Crippen LogP contribution in [0, 0.1) is 0 Å². The lowest BCUT2D eigenvalue weighted by Gasteiger charge is -2.37. The van der Waals surface area contributed by atoms with E-state index in [9.17, 15) is 0 Å². The molecule has 0 atom stereocenters. The Bertz CT molecular complexity index is 813. The molecule has 2 aliphatic heterocycles. The van der Waals surface area contributed by atoms with Crippen LogP contribution in [-0.2, 0) is 13.0 Å². The fourth-order valence-corrected chi connectivity index (χ4v) is 4.34. The summed E-state index contributed by atoms with van der Waals surface area (Å²) in [5.74, 6) is 2.13. The lowest BCUT2D eigenvalue weighted by molar-refractivity contribution is 0.252. The van der Waals surface area contributed by atoms with E-state index in [0.717, 1.165) is 77.1 Å². The van der Waals surface area contributed by atoms with Gasteiger partial charge in [0.2, 0.25) is 0 Å². The van der Waals surface area contributed by atoms with Crippen LogP contribution < -0.4 is 10.2 Å². The number of hydrogen-bond donors (Lipinski definition) is 1. The second-order valence-corrected chi connectivity index (χ2v) is 8.05. The van der Waals surface area contributed by atoms with E-state index >= 15 is 0 Å². The van der Waals surface area contributed by atoms with Gasteiger partial charge in [-0.15, -0.1) is 0 Å². The molecular weight excluding hydrogens is 372 g/mol. The molecule has 1 saturated heterocycles. The van der Waals surface area contributed by atoms with Gasteiger partial charge in [0.25, 0.3) is 0 Å². The molecule has 1 N–H and O–H groups in total. The van der Waals surface area contributed by atoms with Crippen LogP contribution in [-0.4, -0.2) is 73.1 Å². The third-order valence-electron chi connectivity index (χ3n) is 5.99. The van der Waals surface area contributed by atoms with Gasteiger partial charge in [-0.3, -0.25) is 9.89 Å². The Morgan fingerprint density at radius 1 is 1.00 bits per heavy atom. The highest BCUT2D eigenvalue weighted by molar-refractivity contribution is 5.80. The van der Waals surface area contributed by atoms with Gasteiger partial charge in [0, 0.05) is 65.1 Å². The van der Waals surface area contributed by atoms with Crippen LogP contribution in [0.15, 0.2) is 53.7 Å². The Kier molecular flexibility index (Phi) is 7.19. The molecule has 0 radical (unpaired) electrons. The second-order valence-electron chi connectivity index (χ2n) is 8.05. The number of anilines is 1. The van der Waals surface area contributed by atoms with Crippen molar-refractivity contribution in [3.63, 3.8) is 0 Å². The molecule has 2 aromatic rings. The SMILES string of the molecule is CCNC(=NCCCN1CCc2ccccc2C1)N1CCN(c2ccccn2)CC1. The molecule has 1 fully saturated rings. The smallest absolute Gasteiger partial charge is 0.194 e. The Morgan fingerprint density at radius 3 is 2.57 bits per heavy atom. The fourth-order valence-electron chi connectivity index (χ4n) is 4.34. The molecule has 6 heteroatoms. The van der Waals surface area contributed by atoms with Gasteiger partial charge in [0.15, 0.2) is 5.96 Å². The number of nitrogens with zero attached hydrogens (tertiary/aromatic N) is 5. The van der Waals surface area contributed by atoms with Crippen molar-refractivity contribution in [2.24, 2.45) is 4.99 Å². The summed E-state index contributed by atoms with van der Waals surface area (Å²) >= 11 is 0. The molecule has 0 aliphatic carbocycles. The number of guanidine groups is 1. The summed E-state index contributed by atoms with van der Waals surface area (Å²) in [4.78, 5) is 16.7. The zero-order chi connectivity index (χ0) is 20.6. The Labute approximate surface area is 180 Å². The Hall–Kier alpha value is -2.60. The molecule has 0 unspecified atom stereocenters. The summed E-state index contributed by atoms with van der Waals surface area (Å²) in [6, 6.07) is 15.0. The normalized spacial score (nSPS) is 17.7. The van der Waals surface area contributed by atoms with E-state index < -0.39 is 0 Å². The summed E-state index contributed by atoms with van der Waals surface area (Å²) in [5.41, 5.74) is 3.01. The third-order valence-corrected chi connectivity index (χ3v) is 5.99. The van der Waals surface area contributed by atoms with Crippen molar-refractivity contribution in [2.75, 3.05) is 57.3 Å². The number of rotatable bonds is 6. The van der Waals surface area contributed by atoms with E-state index in [4.69, 9.17) is 4.99 Å². The summed E-state index contributed by atoms with van der Waals surface area (Å²) in [5, 5.41) is 3.49. The van der Waals surface area contributed by atoms with Gasteiger partial charge in [-0.2, -0.15) is 0 Å². The molecule has 0 saturated carbocycles. The zero-order valence-corrected chi connectivity index (χ0v) is 18.1. The minimum Gasteiger partial charge on any atom is -0.357 e. The van der Waals surface area contributed by atoms with Crippen LogP contribution in [0.4, 0.5) is 5.82 Å². The monoisotopic (exact) mass is 406 g/mol. The van der Waals surface area contributed by atoms with Crippen molar-refractivity contribution in [3.8, 4) is 0 Å². The van der Waals surface area contributed by atoms with Gasteiger partial charge >= 0.3 is 0 Å². The van der Waals surface area contributed by atoms with Crippen LogP contribution in [0.1, 0.15) is 24.5 Å². The summed E-state index contributed by atoms with van der Waals surface area (Å²) in [6.07, 6.45) is 4.14. The first-order valence-corrected chi connectivity index (χ1v) is 11.3. The summed E-state index contributed by atoms with van der Waals surface area (Å²) in [6.45, 7) is 11.2. The van der Waals surface area contributed by atoms with Crippen molar-refractivity contribution < 1.29 is 0 Å². The lowest BCUT2D eigenvalue weighted by atomic mass is 10.00. The van der Waals surface area contributed by atoms with Crippen LogP contribution in [0.25, 0.3) is 0 Å². The summed E-state index contributed by atoms with van der Waals surface area (Å²) < 4.78 is 0. The van der Waals surface area contributed by atoms with Crippen LogP contribution in [0.5, 0.6) is 0 Å². The Morgan fingerprint density at radius 2 is 1.80 bits per heavy atom. The first-order valence-electron chi connectivity index (χ1n) is 11.3. The van der Waals surface area contributed by atoms with Gasteiger partial charge in [-0.1, -0.05) is 30.3 Å². The van der Waals surface area contributed by atoms with Crippen molar-refractivity contribution in [1.29, 1.82) is 0 Å². The van der Waals surface area contributed by atoms with Gasteiger partial charge in [-0.25, -0.2) is 4.98 Å². The first-order chi connectivity index (χ1) is 14.8. The molecule has 1 aromatic carbocycles. The predicted molar refractivity (Wildman–Crippen MR) is 124 cm³/mol. The molecule has 160 valence electrons. The van der Waals surface area contributed by atoms with E-state index in [0.29, 0.717) is 0 Å². The molecule has 3 heterocycles. The standard InChI is InChI=1S/C24H34N6/c1-2-25-24(30-18-16-29(17-19-30)23-10-5-6-12-26-23)27-13-7-14-28-15-11-21-8-3-4-9-22(21)20-28/h3-6,8-10,12H,2,7,11,13-20H2,1H3,(H,25,27). The maximum Gasteiger partial charge on any atom is 0.194 e. The number of pyridine rings is 1. The van der Waals surface area contributed by atoms with E-state index in [1.165, 1.54) is 17.5 Å². The zero-order valence-electron chi connectivity index (χ0n) is 18.1. The minimum absolute atomic E-state index is 0.876. The number of benzene rings is 1. The average molecular weight is 407 g/mol. The van der Waals surface area contributed by atoms with Gasteiger partial charge in [0.1, 0.15) is 5.82 Å². The number of aromatic nitrogens is 1. The van der Waals surface area contributed by atoms with E-state index in [1.807, 2.05) is 12.3 Å². The quantitative estimate of drug-likeness (QED) is 0.454. The molecule has 2 aliphatic rings. The maximum atomic E-state index is 4.93. The van der Waals surface area contributed by atoms with Gasteiger partial charge in [-0.05, 0) is 43.0 Å². The highest BCUT2D eigenvalue weighted by Gasteiger charge is 2.20. The molecule has 4 rings (SSSR count). The first kappa shape index (κ1) is 20.7.